The number of carboxylic acids is 1. The summed E-state index contributed by atoms with van der Waals surface area (Å²) < 4.78 is 0. The summed E-state index contributed by atoms with van der Waals surface area (Å²) in [5.41, 5.74) is 6.21. The van der Waals surface area contributed by atoms with Crippen LogP contribution in [-0.2, 0) is 4.79 Å². The van der Waals surface area contributed by atoms with E-state index in [1.54, 1.807) is 16.8 Å². The number of hydrogen-bond acceptors (Lipinski definition) is 4. The Morgan fingerprint density at radius 2 is 2.00 bits per heavy atom. The third-order valence-electron chi connectivity index (χ3n) is 3.53. The van der Waals surface area contributed by atoms with E-state index in [1.165, 1.54) is 12.1 Å². The number of carboxylic acid groups (broad SMARTS) is 1. The number of benzene rings is 1. The summed E-state index contributed by atoms with van der Waals surface area (Å²) in [5.74, 6) is -1.15. The van der Waals surface area contributed by atoms with Crippen LogP contribution in [0.1, 0.15) is 23.2 Å². The van der Waals surface area contributed by atoms with Crippen LogP contribution in [0.25, 0.3) is 0 Å². The number of rotatable bonds is 4. The molecule has 7 heteroatoms. The van der Waals surface area contributed by atoms with Crippen molar-refractivity contribution in [2.75, 3.05) is 37.3 Å². The molecule has 1 saturated heterocycles. The lowest BCUT2D eigenvalue weighted by molar-refractivity contribution is -0.128. The number of hydrogen-bond donors (Lipinski definition) is 2. The van der Waals surface area contributed by atoms with Crippen molar-refractivity contribution in [2.24, 2.45) is 0 Å². The van der Waals surface area contributed by atoms with Crippen molar-refractivity contribution in [3.05, 3.63) is 22.7 Å². The lowest BCUT2D eigenvalue weighted by Gasteiger charge is -2.25. The zero-order valence-electron chi connectivity index (χ0n) is 11.8. The molecule has 2 rings (SSSR count). The van der Waals surface area contributed by atoms with Crippen LogP contribution in [0.4, 0.5) is 11.4 Å². The molecule has 3 N–H and O–H groups in total. The molecule has 1 aromatic carbocycles. The van der Waals surface area contributed by atoms with Crippen LogP contribution in [0.5, 0.6) is 0 Å². The maximum absolute atomic E-state index is 12.2. The van der Waals surface area contributed by atoms with Gasteiger partial charge in [-0.05, 0) is 25.0 Å². The summed E-state index contributed by atoms with van der Waals surface area (Å²) in [7, 11) is 1.65. The quantitative estimate of drug-likeness (QED) is 0.826. The molecule has 0 aliphatic carbocycles. The molecule has 114 valence electrons. The molecule has 1 aliphatic heterocycles. The molecule has 0 spiro atoms. The Labute approximate surface area is 128 Å². The van der Waals surface area contributed by atoms with Crippen molar-refractivity contribution >= 4 is 34.9 Å². The summed E-state index contributed by atoms with van der Waals surface area (Å²) in [5, 5.41) is 9.50. The Kier molecular flexibility index (Phi) is 4.57. The highest BCUT2D eigenvalue weighted by Gasteiger charge is 2.23. The van der Waals surface area contributed by atoms with E-state index < -0.39 is 5.97 Å². The van der Waals surface area contributed by atoms with E-state index in [0.29, 0.717) is 5.69 Å². The molecule has 1 amide bonds. The largest absolute Gasteiger partial charge is 0.478 e. The van der Waals surface area contributed by atoms with Gasteiger partial charge in [-0.2, -0.15) is 0 Å². The van der Waals surface area contributed by atoms with Crippen molar-refractivity contribution in [3.8, 4) is 0 Å². The van der Waals surface area contributed by atoms with Crippen molar-refractivity contribution in [1.29, 1.82) is 0 Å². The number of aromatic carboxylic acids is 1. The molecule has 1 heterocycles. The first-order chi connectivity index (χ1) is 9.90. The van der Waals surface area contributed by atoms with Crippen LogP contribution < -0.4 is 10.6 Å². The van der Waals surface area contributed by atoms with Gasteiger partial charge in [0.05, 0.1) is 22.8 Å². The van der Waals surface area contributed by atoms with E-state index in [-0.39, 0.29) is 28.7 Å². The Hall–Kier alpha value is -1.95. The van der Waals surface area contributed by atoms with Crippen LogP contribution in [0.15, 0.2) is 12.1 Å². The van der Waals surface area contributed by atoms with Gasteiger partial charge in [-0.3, -0.25) is 4.79 Å². The molecule has 0 saturated carbocycles. The van der Waals surface area contributed by atoms with Gasteiger partial charge < -0.3 is 20.6 Å². The van der Waals surface area contributed by atoms with Crippen molar-refractivity contribution in [1.82, 2.24) is 4.90 Å². The first kappa shape index (κ1) is 15.4. The third kappa shape index (κ3) is 3.39. The molecule has 1 aliphatic rings. The Morgan fingerprint density at radius 1 is 1.38 bits per heavy atom. The summed E-state index contributed by atoms with van der Waals surface area (Å²) in [6.07, 6.45) is 2.02. The van der Waals surface area contributed by atoms with Gasteiger partial charge in [-0.1, -0.05) is 11.6 Å². The number of amides is 1. The summed E-state index contributed by atoms with van der Waals surface area (Å²) in [6.45, 7) is 1.60. The minimum absolute atomic E-state index is 0.00304. The van der Waals surface area contributed by atoms with Gasteiger partial charge in [0.25, 0.3) is 0 Å². The molecule has 0 aromatic heterocycles. The summed E-state index contributed by atoms with van der Waals surface area (Å²) >= 11 is 6.11. The molecule has 0 radical (unpaired) electrons. The second kappa shape index (κ2) is 6.22. The average Bonchev–Trinajstić information content (AvgIpc) is 2.91. The van der Waals surface area contributed by atoms with E-state index in [9.17, 15) is 14.7 Å². The van der Waals surface area contributed by atoms with Gasteiger partial charge in [0.15, 0.2) is 0 Å². The molecule has 1 fully saturated rings. The molecular formula is C14H18ClN3O3. The number of carbonyl (C=O) groups is 2. The van der Waals surface area contributed by atoms with Gasteiger partial charge >= 0.3 is 5.97 Å². The lowest BCUT2D eigenvalue weighted by Crippen LogP contribution is -2.37. The van der Waals surface area contributed by atoms with Gasteiger partial charge in [-0.25, -0.2) is 4.79 Å². The molecular weight excluding hydrogens is 294 g/mol. The average molecular weight is 312 g/mol. The fourth-order valence-corrected chi connectivity index (χ4v) is 2.89. The Morgan fingerprint density at radius 3 is 2.57 bits per heavy atom. The first-order valence-corrected chi connectivity index (χ1v) is 7.09. The number of nitrogens with zero attached hydrogens (tertiary/aromatic N) is 2. The zero-order valence-corrected chi connectivity index (χ0v) is 12.6. The molecule has 21 heavy (non-hydrogen) atoms. The van der Waals surface area contributed by atoms with Crippen molar-refractivity contribution < 1.29 is 14.7 Å². The van der Waals surface area contributed by atoms with E-state index in [1.807, 2.05) is 0 Å². The van der Waals surface area contributed by atoms with Crippen LogP contribution in [-0.4, -0.2) is 48.6 Å². The smallest absolute Gasteiger partial charge is 0.337 e. The minimum atomic E-state index is -1.13. The van der Waals surface area contributed by atoms with Gasteiger partial charge in [0.2, 0.25) is 5.91 Å². The van der Waals surface area contributed by atoms with Gasteiger partial charge in [-0.15, -0.1) is 0 Å². The number of likely N-dealkylation sites (tertiary alicyclic amines) is 1. The molecule has 6 nitrogen and oxygen atoms in total. The maximum atomic E-state index is 12.2. The van der Waals surface area contributed by atoms with Crippen LogP contribution in [0.2, 0.25) is 5.02 Å². The predicted molar refractivity (Wildman–Crippen MR) is 81.9 cm³/mol. The second-order valence-electron chi connectivity index (χ2n) is 5.15. The Balaban J connectivity index is 2.23. The standard InChI is InChI=1S/C14H18ClN3O3/c1-17(8-12(19)18-4-2-3-5-18)13-10(14(20)21)6-9(16)7-11(13)15/h6-7H,2-5,8,16H2,1H3,(H,20,21). The van der Waals surface area contributed by atoms with E-state index in [2.05, 4.69) is 0 Å². The minimum Gasteiger partial charge on any atom is -0.478 e. The number of anilines is 2. The van der Waals surface area contributed by atoms with E-state index in [0.717, 1.165) is 25.9 Å². The number of halogens is 1. The van der Waals surface area contributed by atoms with Crippen LogP contribution in [0, 0.1) is 0 Å². The summed E-state index contributed by atoms with van der Waals surface area (Å²) in [4.78, 5) is 26.8. The lowest BCUT2D eigenvalue weighted by atomic mass is 10.1. The van der Waals surface area contributed by atoms with Gasteiger partial charge in [0.1, 0.15) is 0 Å². The number of carbonyl (C=O) groups excluding carboxylic acids is 1. The van der Waals surface area contributed by atoms with E-state index >= 15 is 0 Å². The topological polar surface area (TPSA) is 86.9 Å². The Bertz CT molecular complexity index is 571. The van der Waals surface area contributed by atoms with Crippen LogP contribution >= 0.6 is 11.6 Å². The van der Waals surface area contributed by atoms with Crippen molar-refractivity contribution in [2.45, 2.75) is 12.8 Å². The molecule has 0 atom stereocenters. The molecule has 0 bridgehead atoms. The number of nitrogens with two attached hydrogens (primary N) is 1. The first-order valence-electron chi connectivity index (χ1n) is 6.71. The molecule has 0 unspecified atom stereocenters. The van der Waals surface area contributed by atoms with Crippen LogP contribution in [0.3, 0.4) is 0 Å². The monoisotopic (exact) mass is 311 g/mol. The third-order valence-corrected chi connectivity index (χ3v) is 3.82. The van der Waals surface area contributed by atoms with Crippen molar-refractivity contribution in [3.63, 3.8) is 0 Å². The second-order valence-corrected chi connectivity index (χ2v) is 5.56. The fraction of sp³-hybridized carbons (Fsp3) is 0.429. The number of nitrogen functional groups attached to an aromatic ring is 1. The SMILES string of the molecule is CN(CC(=O)N1CCCC1)c1c(Cl)cc(N)cc1C(=O)O. The maximum Gasteiger partial charge on any atom is 0.337 e. The summed E-state index contributed by atoms with van der Waals surface area (Å²) in [6, 6.07) is 2.83. The number of likely N-dealkylation sites (N-methyl/N-ethyl adjacent to an activating group) is 1. The fourth-order valence-electron chi connectivity index (χ4n) is 2.52. The zero-order chi connectivity index (χ0) is 15.6. The molecule has 1 aromatic rings. The normalized spacial score (nSPS) is 14.3. The highest BCUT2D eigenvalue weighted by atomic mass is 35.5. The van der Waals surface area contributed by atoms with Gasteiger partial charge in [0, 0.05) is 25.8 Å². The van der Waals surface area contributed by atoms with E-state index in [4.69, 9.17) is 17.3 Å². The predicted octanol–water partition coefficient (Wildman–Crippen LogP) is 1.68. The highest BCUT2D eigenvalue weighted by molar-refractivity contribution is 6.34. The highest BCUT2D eigenvalue weighted by Crippen LogP contribution is 2.32.